The van der Waals surface area contributed by atoms with Crippen LogP contribution >= 0.6 is 0 Å². The first-order valence-corrected chi connectivity index (χ1v) is 6.64. The third kappa shape index (κ3) is 2.73. The molecule has 0 aliphatic rings. The molecule has 2 rings (SSSR count). The average Bonchev–Trinajstić information content (AvgIpc) is 2.39. The molecule has 1 N–H and O–H groups in total. The van der Waals surface area contributed by atoms with Gasteiger partial charge in [-0.05, 0) is 56.1 Å². The molecule has 1 nitrogen and oxygen atoms in total. The van der Waals surface area contributed by atoms with Crippen LogP contribution in [0.25, 0.3) is 0 Å². The maximum atomic E-state index is 14.1. The summed E-state index contributed by atoms with van der Waals surface area (Å²) in [6.07, 6.45) is 0. The Kier molecular flexibility index (Phi) is 4.19. The molecule has 106 valence electrons. The summed E-state index contributed by atoms with van der Waals surface area (Å²) >= 11 is 0. The fourth-order valence-corrected chi connectivity index (χ4v) is 2.51. The highest BCUT2D eigenvalue weighted by molar-refractivity contribution is 5.39. The maximum absolute atomic E-state index is 14.1. The van der Waals surface area contributed by atoms with Gasteiger partial charge in [0, 0.05) is 5.56 Å². The van der Waals surface area contributed by atoms with Crippen molar-refractivity contribution >= 4 is 0 Å². The van der Waals surface area contributed by atoms with Crippen LogP contribution in [0, 0.1) is 32.4 Å². The minimum atomic E-state index is -0.284. The monoisotopic (exact) mass is 275 g/mol. The Morgan fingerprint density at radius 2 is 1.55 bits per heavy atom. The summed E-state index contributed by atoms with van der Waals surface area (Å²) in [5.41, 5.74) is 3.48. The molecule has 2 aromatic carbocycles. The van der Waals surface area contributed by atoms with E-state index in [-0.39, 0.29) is 17.7 Å². The van der Waals surface area contributed by atoms with E-state index in [1.54, 1.807) is 39.1 Å². The zero-order chi connectivity index (χ0) is 14.9. The summed E-state index contributed by atoms with van der Waals surface area (Å²) < 4.78 is 27.9. The largest absolute Gasteiger partial charge is 0.309 e. The third-order valence-corrected chi connectivity index (χ3v) is 3.55. The molecule has 0 aliphatic heterocycles. The molecule has 0 fully saturated rings. The van der Waals surface area contributed by atoms with Crippen LogP contribution in [0.3, 0.4) is 0 Å². The van der Waals surface area contributed by atoms with Crippen LogP contribution in [0.2, 0.25) is 0 Å². The first-order chi connectivity index (χ1) is 9.43. The van der Waals surface area contributed by atoms with E-state index in [4.69, 9.17) is 0 Å². The molecule has 0 bridgehead atoms. The van der Waals surface area contributed by atoms with Gasteiger partial charge in [0.2, 0.25) is 0 Å². The normalized spacial score (nSPS) is 12.5. The first kappa shape index (κ1) is 14.7. The predicted molar refractivity (Wildman–Crippen MR) is 77.9 cm³/mol. The minimum absolute atomic E-state index is 0.201. The Morgan fingerprint density at radius 1 is 0.950 bits per heavy atom. The Hall–Kier alpha value is -1.74. The van der Waals surface area contributed by atoms with Gasteiger partial charge in [0.05, 0.1) is 6.04 Å². The number of aryl methyl sites for hydroxylation is 3. The van der Waals surface area contributed by atoms with Crippen LogP contribution < -0.4 is 5.32 Å². The van der Waals surface area contributed by atoms with Gasteiger partial charge in [-0.2, -0.15) is 0 Å². The molecule has 3 heteroatoms. The van der Waals surface area contributed by atoms with Crippen molar-refractivity contribution in [3.63, 3.8) is 0 Å². The smallest absolute Gasteiger partial charge is 0.129 e. The van der Waals surface area contributed by atoms with E-state index in [2.05, 4.69) is 5.32 Å². The second kappa shape index (κ2) is 5.71. The van der Waals surface area contributed by atoms with Crippen molar-refractivity contribution in [2.45, 2.75) is 26.8 Å². The molecule has 0 radical (unpaired) electrons. The molecule has 1 atom stereocenters. The van der Waals surface area contributed by atoms with Crippen molar-refractivity contribution in [3.05, 3.63) is 69.8 Å². The number of halogens is 2. The summed E-state index contributed by atoms with van der Waals surface area (Å²) in [5.74, 6) is -0.447. The van der Waals surface area contributed by atoms with Crippen molar-refractivity contribution < 1.29 is 8.78 Å². The highest BCUT2D eigenvalue weighted by Gasteiger charge is 2.18. The quantitative estimate of drug-likeness (QED) is 0.885. The van der Waals surface area contributed by atoms with Gasteiger partial charge in [-0.1, -0.05) is 24.3 Å². The average molecular weight is 275 g/mol. The fraction of sp³-hybridized carbons (Fsp3) is 0.294. The number of rotatable bonds is 3. The fourth-order valence-electron chi connectivity index (χ4n) is 2.51. The number of hydrogen-bond donors (Lipinski definition) is 1. The van der Waals surface area contributed by atoms with Crippen LogP contribution in [-0.2, 0) is 0 Å². The molecule has 2 aromatic rings. The summed E-state index contributed by atoms with van der Waals surface area (Å²) in [7, 11) is 1.78. The number of benzene rings is 2. The zero-order valence-electron chi connectivity index (χ0n) is 12.2. The van der Waals surface area contributed by atoms with Gasteiger partial charge in [-0.15, -0.1) is 0 Å². The lowest BCUT2D eigenvalue weighted by molar-refractivity contribution is 0.572. The Morgan fingerprint density at radius 3 is 2.05 bits per heavy atom. The van der Waals surface area contributed by atoms with Crippen molar-refractivity contribution in [1.29, 1.82) is 0 Å². The molecule has 0 saturated heterocycles. The molecule has 0 saturated carbocycles. The van der Waals surface area contributed by atoms with Gasteiger partial charge in [0.15, 0.2) is 0 Å². The van der Waals surface area contributed by atoms with Crippen LogP contribution in [0.5, 0.6) is 0 Å². The maximum Gasteiger partial charge on any atom is 0.129 e. The van der Waals surface area contributed by atoms with E-state index in [0.29, 0.717) is 16.7 Å². The van der Waals surface area contributed by atoms with Gasteiger partial charge in [-0.3, -0.25) is 0 Å². The lowest BCUT2D eigenvalue weighted by Gasteiger charge is -2.20. The van der Waals surface area contributed by atoms with Crippen molar-refractivity contribution in [3.8, 4) is 0 Å². The summed E-state index contributed by atoms with van der Waals surface area (Å²) in [6, 6.07) is 8.42. The van der Waals surface area contributed by atoms with E-state index in [0.717, 1.165) is 11.1 Å². The summed E-state index contributed by atoms with van der Waals surface area (Å²) in [5, 5.41) is 3.11. The summed E-state index contributed by atoms with van der Waals surface area (Å²) in [4.78, 5) is 0. The van der Waals surface area contributed by atoms with Crippen LogP contribution in [-0.4, -0.2) is 7.05 Å². The Bertz CT molecular complexity index is 612. The van der Waals surface area contributed by atoms with E-state index >= 15 is 0 Å². The van der Waals surface area contributed by atoms with E-state index in [1.807, 2.05) is 13.0 Å². The van der Waals surface area contributed by atoms with Crippen molar-refractivity contribution in [2.75, 3.05) is 7.05 Å². The second-order valence-corrected chi connectivity index (χ2v) is 5.22. The molecular weight excluding hydrogens is 256 g/mol. The van der Waals surface area contributed by atoms with Crippen LogP contribution in [0.4, 0.5) is 8.78 Å². The van der Waals surface area contributed by atoms with E-state index in [9.17, 15) is 8.78 Å². The first-order valence-electron chi connectivity index (χ1n) is 6.64. The zero-order valence-corrected chi connectivity index (χ0v) is 12.2. The van der Waals surface area contributed by atoms with Gasteiger partial charge < -0.3 is 5.32 Å². The molecule has 0 heterocycles. The molecule has 0 amide bonds. The number of nitrogens with one attached hydrogen (secondary N) is 1. The molecule has 1 unspecified atom stereocenters. The lowest BCUT2D eigenvalue weighted by atomic mass is 9.94. The molecule has 0 aromatic heterocycles. The molecule has 20 heavy (non-hydrogen) atoms. The lowest BCUT2D eigenvalue weighted by Crippen LogP contribution is -2.19. The Balaban J connectivity index is 2.52. The second-order valence-electron chi connectivity index (χ2n) is 5.22. The minimum Gasteiger partial charge on any atom is -0.309 e. The Labute approximate surface area is 118 Å². The van der Waals surface area contributed by atoms with Gasteiger partial charge in [0.25, 0.3) is 0 Å². The van der Waals surface area contributed by atoms with Gasteiger partial charge in [0.1, 0.15) is 11.6 Å². The SMILES string of the molecule is CNC(c1cc(C)c(F)c(C)c1)c1ccc(C)cc1F. The molecular formula is C17H19F2N. The van der Waals surface area contributed by atoms with Crippen molar-refractivity contribution in [2.24, 2.45) is 0 Å². The third-order valence-electron chi connectivity index (χ3n) is 3.55. The van der Waals surface area contributed by atoms with Crippen LogP contribution in [0.1, 0.15) is 33.9 Å². The van der Waals surface area contributed by atoms with Crippen LogP contribution in [0.15, 0.2) is 30.3 Å². The number of hydrogen-bond acceptors (Lipinski definition) is 1. The standard InChI is InChI=1S/C17H19F2N/c1-10-5-6-14(15(18)7-10)17(20-4)13-8-11(2)16(19)12(3)9-13/h5-9,17,20H,1-4H3. The van der Waals surface area contributed by atoms with Gasteiger partial charge >= 0.3 is 0 Å². The summed E-state index contributed by atoms with van der Waals surface area (Å²) in [6.45, 7) is 5.31. The highest BCUT2D eigenvalue weighted by Crippen LogP contribution is 2.27. The van der Waals surface area contributed by atoms with E-state index in [1.165, 1.54) is 6.07 Å². The predicted octanol–water partition coefficient (Wildman–Crippen LogP) is 4.20. The van der Waals surface area contributed by atoms with Gasteiger partial charge in [-0.25, -0.2) is 8.78 Å². The molecule has 0 aliphatic carbocycles. The molecule has 0 spiro atoms. The van der Waals surface area contributed by atoms with E-state index < -0.39 is 0 Å². The van der Waals surface area contributed by atoms with Crippen molar-refractivity contribution in [1.82, 2.24) is 5.32 Å². The highest BCUT2D eigenvalue weighted by atomic mass is 19.1. The topological polar surface area (TPSA) is 12.0 Å².